The Hall–Kier alpha value is -1.06. The number of carboxylic acid groups (broad SMARTS) is 1. The first kappa shape index (κ1) is 10.0. The molecule has 0 bridgehead atoms. The molecule has 4 heteroatoms. The zero-order valence-corrected chi connectivity index (χ0v) is 7.96. The van der Waals surface area contributed by atoms with Gasteiger partial charge in [-0.05, 0) is 25.2 Å². The van der Waals surface area contributed by atoms with Crippen molar-refractivity contribution in [3.05, 3.63) is 0 Å². The van der Waals surface area contributed by atoms with E-state index >= 15 is 0 Å². The van der Waals surface area contributed by atoms with Crippen LogP contribution in [0.2, 0.25) is 0 Å². The number of aliphatic carboxylic acids is 1. The Labute approximate surface area is 77.3 Å². The number of nitrogens with one attached hydrogen (secondary N) is 1. The molecule has 2 atom stereocenters. The summed E-state index contributed by atoms with van der Waals surface area (Å²) in [6, 6.07) is 0. The fourth-order valence-electron chi connectivity index (χ4n) is 1.99. The number of carbonyl (C=O) groups excluding carboxylic acids is 1. The van der Waals surface area contributed by atoms with E-state index in [-0.39, 0.29) is 5.91 Å². The van der Waals surface area contributed by atoms with Gasteiger partial charge in [-0.25, -0.2) is 4.79 Å². The lowest BCUT2D eigenvalue weighted by Crippen LogP contribution is -2.52. The Morgan fingerprint density at radius 3 is 2.46 bits per heavy atom. The van der Waals surface area contributed by atoms with Crippen molar-refractivity contribution in [1.29, 1.82) is 0 Å². The molecule has 0 aromatic heterocycles. The van der Waals surface area contributed by atoms with E-state index in [9.17, 15) is 9.59 Å². The fraction of sp³-hybridized carbons (Fsp3) is 0.778. The number of carbonyl (C=O) groups is 2. The smallest absolute Gasteiger partial charge is 0.329 e. The number of hydrogen-bond acceptors (Lipinski definition) is 2. The molecule has 1 aliphatic carbocycles. The Kier molecular flexibility index (Phi) is 2.59. The molecule has 74 valence electrons. The summed E-state index contributed by atoms with van der Waals surface area (Å²) in [5.74, 6) is -0.800. The zero-order chi connectivity index (χ0) is 10.1. The van der Waals surface area contributed by atoms with Gasteiger partial charge in [-0.15, -0.1) is 0 Å². The third-order valence-electron chi connectivity index (χ3n) is 2.59. The third-order valence-corrected chi connectivity index (χ3v) is 2.59. The maximum atomic E-state index is 11.0. The van der Waals surface area contributed by atoms with Gasteiger partial charge in [0.25, 0.3) is 0 Å². The molecule has 0 aromatic rings. The predicted octanol–water partition coefficient (Wildman–Crippen LogP) is 0.766. The van der Waals surface area contributed by atoms with Crippen LogP contribution in [0.25, 0.3) is 0 Å². The zero-order valence-electron chi connectivity index (χ0n) is 7.96. The second-order valence-corrected chi connectivity index (χ2v) is 3.92. The van der Waals surface area contributed by atoms with Gasteiger partial charge in [0.05, 0.1) is 0 Å². The molecule has 1 rings (SSSR count). The molecule has 0 aromatic carbocycles. The van der Waals surface area contributed by atoms with Gasteiger partial charge < -0.3 is 10.4 Å². The second kappa shape index (κ2) is 3.36. The summed E-state index contributed by atoms with van der Waals surface area (Å²) < 4.78 is 0. The summed E-state index contributed by atoms with van der Waals surface area (Å²) in [7, 11) is 0. The first-order chi connectivity index (χ1) is 5.96. The summed E-state index contributed by atoms with van der Waals surface area (Å²) in [6.07, 6.45) is 1.96. The first-order valence-corrected chi connectivity index (χ1v) is 4.48. The van der Waals surface area contributed by atoms with Gasteiger partial charge in [-0.2, -0.15) is 0 Å². The van der Waals surface area contributed by atoms with Gasteiger partial charge >= 0.3 is 5.97 Å². The van der Waals surface area contributed by atoms with E-state index in [2.05, 4.69) is 5.32 Å². The SMILES string of the molecule is CC(=O)NC1(C(=O)O)CCC(C)C1. The topological polar surface area (TPSA) is 66.4 Å². The number of hydrogen-bond donors (Lipinski definition) is 2. The average Bonchev–Trinajstić information content (AvgIpc) is 2.31. The predicted molar refractivity (Wildman–Crippen MR) is 47.2 cm³/mol. The molecule has 1 saturated carbocycles. The molecule has 1 fully saturated rings. The van der Waals surface area contributed by atoms with Crippen LogP contribution in [0, 0.1) is 5.92 Å². The second-order valence-electron chi connectivity index (χ2n) is 3.92. The molecular formula is C9H15NO3. The lowest BCUT2D eigenvalue weighted by Gasteiger charge is -2.24. The normalized spacial score (nSPS) is 32.9. The van der Waals surface area contributed by atoms with E-state index in [1.165, 1.54) is 6.92 Å². The molecule has 13 heavy (non-hydrogen) atoms. The van der Waals surface area contributed by atoms with Crippen LogP contribution in [-0.2, 0) is 9.59 Å². The van der Waals surface area contributed by atoms with Crippen LogP contribution >= 0.6 is 0 Å². The molecule has 0 radical (unpaired) electrons. The van der Waals surface area contributed by atoms with Gasteiger partial charge in [-0.1, -0.05) is 6.92 Å². The lowest BCUT2D eigenvalue weighted by atomic mass is 9.96. The van der Waals surface area contributed by atoms with Gasteiger partial charge in [0.15, 0.2) is 0 Å². The highest BCUT2D eigenvalue weighted by Gasteiger charge is 2.44. The summed E-state index contributed by atoms with van der Waals surface area (Å²) in [5, 5.41) is 11.6. The van der Waals surface area contributed by atoms with Crippen molar-refractivity contribution in [2.24, 2.45) is 5.92 Å². The fourth-order valence-corrected chi connectivity index (χ4v) is 1.99. The highest BCUT2D eigenvalue weighted by Crippen LogP contribution is 2.34. The quantitative estimate of drug-likeness (QED) is 0.667. The Bertz CT molecular complexity index is 239. The van der Waals surface area contributed by atoms with Crippen LogP contribution in [0.5, 0.6) is 0 Å². The highest BCUT2D eigenvalue weighted by molar-refractivity contribution is 5.86. The van der Waals surface area contributed by atoms with Crippen molar-refractivity contribution in [3.8, 4) is 0 Å². The summed E-state index contributed by atoms with van der Waals surface area (Å²) in [4.78, 5) is 21.8. The summed E-state index contributed by atoms with van der Waals surface area (Å²) in [6.45, 7) is 3.36. The van der Waals surface area contributed by atoms with Gasteiger partial charge in [0.1, 0.15) is 5.54 Å². The lowest BCUT2D eigenvalue weighted by molar-refractivity contribution is -0.147. The van der Waals surface area contributed by atoms with Crippen LogP contribution in [0.15, 0.2) is 0 Å². The third kappa shape index (κ3) is 1.99. The van der Waals surface area contributed by atoms with Crippen molar-refractivity contribution in [1.82, 2.24) is 5.32 Å². The minimum absolute atomic E-state index is 0.267. The molecule has 2 N–H and O–H groups in total. The van der Waals surface area contributed by atoms with Gasteiger partial charge in [-0.3, -0.25) is 4.79 Å². The molecule has 0 aliphatic heterocycles. The molecule has 4 nitrogen and oxygen atoms in total. The molecule has 0 spiro atoms. The molecular weight excluding hydrogens is 170 g/mol. The number of carboxylic acids is 1. The van der Waals surface area contributed by atoms with Crippen LogP contribution in [0.3, 0.4) is 0 Å². The van der Waals surface area contributed by atoms with Crippen molar-refractivity contribution in [2.45, 2.75) is 38.6 Å². The monoisotopic (exact) mass is 185 g/mol. The van der Waals surface area contributed by atoms with Gasteiger partial charge in [0.2, 0.25) is 5.91 Å². The Morgan fingerprint density at radius 1 is 1.54 bits per heavy atom. The van der Waals surface area contributed by atoms with Crippen molar-refractivity contribution >= 4 is 11.9 Å². The van der Waals surface area contributed by atoms with Crippen LogP contribution in [0.1, 0.15) is 33.1 Å². The van der Waals surface area contributed by atoms with Crippen LogP contribution < -0.4 is 5.32 Å². The Morgan fingerprint density at radius 2 is 2.15 bits per heavy atom. The van der Waals surface area contributed by atoms with Crippen molar-refractivity contribution in [3.63, 3.8) is 0 Å². The van der Waals surface area contributed by atoms with E-state index in [4.69, 9.17) is 5.11 Å². The van der Waals surface area contributed by atoms with E-state index < -0.39 is 11.5 Å². The van der Waals surface area contributed by atoms with E-state index in [0.29, 0.717) is 18.8 Å². The van der Waals surface area contributed by atoms with E-state index in [0.717, 1.165) is 6.42 Å². The largest absolute Gasteiger partial charge is 0.480 e. The van der Waals surface area contributed by atoms with Crippen LogP contribution in [0.4, 0.5) is 0 Å². The molecule has 1 aliphatic rings. The minimum Gasteiger partial charge on any atom is -0.480 e. The maximum absolute atomic E-state index is 11.0. The number of rotatable bonds is 2. The summed E-state index contributed by atoms with van der Waals surface area (Å²) >= 11 is 0. The van der Waals surface area contributed by atoms with E-state index in [1.807, 2.05) is 6.92 Å². The number of amides is 1. The van der Waals surface area contributed by atoms with Crippen molar-refractivity contribution < 1.29 is 14.7 Å². The summed E-state index contributed by atoms with van der Waals surface area (Å²) in [5.41, 5.74) is -0.995. The maximum Gasteiger partial charge on any atom is 0.329 e. The van der Waals surface area contributed by atoms with E-state index in [1.54, 1.807) is 0 Å². The van der Waals surface area contributed by atoms with Gasteiger partial charge in [0, 0.05) is 6.92 Å². The minimum atomic E-state index is -0.995. The van der Waals surface area contributed by atoms with Crippen LogP contribution in [-0.4, -0.2) is 22.5 Å². The first-order valence-electron chi connectivity index (χ1n) is 4.48. The average molecular weight is 185 g/mol. The molecule has 0 heterocycles. The van der Waals surface area contributed by atoms with Crippen molar-refractivity contribution in [2.75, 3.05) is 0 Å². The molecule has 0 saturated heterocycles. The molecule has 1 amide bonds. The standard InChI is InChI=1S/C9H15NO3/c1-6-3-4-9(5-6,8(12)13)10-7(2)11/h6H,3-5H2,1-2H3,(H,10,11)(H,12,13). The highest BCUT2D eigenvalue weighted by atomic mass is 16.4. The molecule has 2 unspecified atom stereocenters. The Balaban J connectivity index is 2.77.